The molecule has 0 aromatic heterocycles. The van der Waals surface area contributed by atoms with Gasteiger partial charge in [-0.1, -0.05) is 43.0 Å². The lowest BCUT2D eigenvalue weighted by molar-refractivity contribution is 0.689. The zero-order valence-corrected chi connectivity index (χ0v) is 12.8. The van der Waals surface area contributed by atoms with E-state index in [4.69, 9.17) is 0 Å². The topological polar surface area (TPSA) is 17.1 Å². The number of hydrogen-bond donors (Lipinski definition) is 0. The third kappa shape index (κ3) is 2.04. The van der Waals surface area contributed by atoms with Crippen LogP contribution in [0.1, 0.15) is 0 Å². The van der Waals surface area contributed by atoms with E-state index in [2.05, 4.69) is 55.1 Å². The molecule has 4 aromatic rings. The van der Waals surface area contributed by atoms with Crippen molar-refractivity contribution in [1.29, 1.82) is 0 Å². The SMILES string of the molecule is C=CS(=O)c1cccc2cc3cc4ccccc4cc3cc12. The molecule has 22 heavy (non-hydrogen) atoms. The Morgan fingerprint density at radius 1 is 0.727 bits per heavy atom. The second-order valence-electron chi connectivity index (χ2n) is 5.34. The Labute approximate surface area is 131 Å². The molecule has 2 heteroatoms. The van der Waals surface area contributed by atoms with E-state index in [-0.39, 0.29) is 0 Å². The van der Waals surface area contributed by atoms with E-state index in [1.54, 1.807) is 0 Å². The van der Waals surface area contributed by atoms with E-state index in [0.717, 1.165) is 15.7 Å². The summed E-state index contributed by atoms with van der Waals surface area (Å²) in [6, 6.07) is 23.0. The summed E-state index contributed by atoms with van der Waals surface area (Å²) in [4.78, 5) is 0.822. The predicted molar refractivity (Wildman–Crippen MR) is 95.6 cm³/mol. The molecule has 0 saturated carbocycles. The minimum Gasteiger partial charge on any atom is -0.250 e. The lowest BCUT2D eigenvalue weighted by atomic mass is 10.00. The first-order chi connectivity index (χ1) is 10.8. The lowest BCUT2D eigenvalue weighted by Crippen LogP contribution is -1.88. The van der Waals surface area contributed by atoms with E-state index in [1.807, 2.05) is 18.2 Å². The van der Waals surface area contributed by atoms with Crippen LogP contribution in [0.4, 0.5) is 0 Å². The minimum absolute atomic E-state index is 0.822. The number of benzene rings is 4. The van der Waals surface area contributed by atoms with Crippen molar-refractivity contribution < 1.29 is 4.21 Å². The minimum atomic E-state index is -1.17. The van der Waals surface area contributed by atoms with Crippen molar-refractivity contribution >= 4 is 43.1 Å². The summed E-state index contributed by atoms with van der Waals surface area (Å²) in [5.74, 6) is 0. The van der Waals surface area contributed by atoms with Crippen LogP contribution >= 0.6 is 0 Å². The van der Waals surface area contributed by atoms with Gasteiger partial charge in [0.15, 0.2) is 0 Å². The molecule has 0 spiro atoms. The van der Waals surface area contributed by atoms with Crippen molar-refractivity contribution in [3.05, 3.63) is 78.7 Å². The summed E-state index contributed by atoms with van der Waals surface area (Å²) in [6.07, 6.45) is 0. The van der Waals surface area contributed by atoms with Gasteiger partial charge >= 0.3 is 0 Å². The fraction of sp³-hybridized carbons (Fsp3) is 0. The maximum Gasteiger partial charge on any atom is 0.0776 e. The fourth-order valence-electron chi connectivity index (χ4n) is 2.96. The fourth-order valence-corrected chi connectivity index (χ4v) is 3.74. The molecule has 0 aliphatic carbocycles. The van der Waals surface area contributed by atoms with Crippen LogP contribution in [0, 0.1) is 0 Å². The van der Waals surface area contributed by atoms with Crippen molar-refractivity contribution in [2.45, 2.75) is 4.90 Å². The van der Waals surface area contributed by atoms with Crippen molar-refractivity contribution in [2.24, 2.45) is 0 Å². The highest BCUT2D eigenvalue weighted by Crippen LogP contribution is 2.30. The van der Waals surface area contributed by atoms with Gasteiger partial charge < -0.3 is 0 Å². The molecule has 1 unspecified atom stereocenters. The molecular weight excluding hydrogens is 288 g/mol. The Morgan fingerprint density at radius 2 is 1.32 bits per heavy atom. The van der Waals surface area contributed by atoms with Crippen LogP contribution in [0.5, 0.6) is 0 Å². The molecule has 4 rings (SSSR count). The van der Waals surface area contributed by atoms with Gasteiger partial charge in [-0.15, -0.1) is 0 Å². The molecule has 0 heterocycles. The smallest absolute Gasteiger partial charge is 0.0776 e. The van der Waals surface area contributed by atoms with Gasteiger partial charge in [-0.05, 0) is 62.6 Å². The molecule has 0 saturated heterocycles. The first-order valence-electron chi connectivity index (χ1n) is 7.15. The van der Waals surface area contributed by atoms with Crippen molar-refractivity contribution in [3.63, 3.8) is 0 Å². The molecule has 0 amide bonds. The van der Waals surface area contributed by atoms with E-state index >= 15 is 0 Å². The average Bonchev–Trinajstić information content (AvgIpc) is 2.56. The average molecular weight is 302 g/mol. The zero-order valence-electron chi connectivity index (χ0n) is 12.0. The first-order valence-corrected chi connectivity index (χ1v) is 8.36. The Hall–Kier alpha value is -2.45. The number of hydrogen-bond acceptors (Lipinski definition) is 1. The summed E-state index contributed by atoms with van der Waals surface area (Å²) < 4.78 is 12.2. The third-order valence-electron chi connectivity index (χ3n) is 4.03. The van der Waals surface area contributed by atoms with Gasteiger partial charge in [0.25, 0.3) is 0 Å². The largest absolute Gasteiger partial charge is 0.250 e. The van der Waals surface area contributed by atoms with Crippen LogP contribution in [0.25, 0.3) is 32.3 Å². The van der Waals surface area contributed by atoms with Crippen molar-refractivity contribution in [3.8, 4) is 0 Å². The maximum atomic E-state index is 12.2. The van der Waals surface area contributed by atoms with Crippen LogP contribution in [-0.4, -0.2) is 4.21 Å². The Kier molecular flexibility index (Phi) is 3.05. The molecular formula is C20H14OS. The van der Waals surface area contributed by atoms with Crippen LogP contribution < -0.4 is 0 Å². The van der Waals surface area contributed by atoms with Crippen molar-refractivity contribution in [2.75, 3.05) is 0 Å². The molecule has 1 nitrogen and oxygen atoms in total. The molecule has 0 N–H and O–H groups in total. The van der Waals surface area contributed by atoms with Gasteiger partial charge in [-0.25, -0.2) is 4.21 Å². The van der Waals surface area contributed by atoms with E-state index in [9.17, 15) is 4.21 Å². The number of fused-ring (bicyclic) bond motifs is 3. The number of rotatable bonds is 2. The third-order valence-corrected chi connectivity index (χ3v) is 5.12. The van der Waals surface area contributed by atoms with E-state index < -0.39 is 10.8 Å². The predicted octanol–water partition coefficient (Wildman–Crippen LogP) is 5.40. The quantitative estimate of drug-likeness (QED) is 0.453. The van der Waals surface area contributed by atoms with Crippen LogP contribution in [0.15, 0.2) is 83.6 Å². The van der Waals surface area contributed by atoms with Crippen LogP contribution in [0.3, 0.4) is 0 Å². The van der Waals surface area contributed by atoms with Crippen molar-refractivity contribution in [1.82, 2.24) is 0 Å². The van der Waals surface area contributed by atoms with Gasteiger partial charge in [0, 0.05) is 5.41 Å². The second-order valence-corrected chi connectivity index (χ2v) is 6.71. The highest BCUT2D eigenvalue weighted by molar-refractivity contribution is 7.88. The van der Waals surface area contributed by atoms with Gasteiger partial charge in [0.05, 0.1) is 15.7 Å². The van der Waals surface area contributed by atoms with Crippen LogP contribution in [-0.2, 0) is 10.8 Å². The summed E-state index contributed by atoms with van der Waals surface area (Å²) >= 11 is 0. The van der Waals surface area contributed by atoms with Gasteiger partial charge in [0.1, 0.15) is 0 Å². The van der Waals surface area contributed by atoms with E-state index in [0.29, 0.717) is 0 Å². The van der Waals surface area contributed by atoms with E-state index in [1.165, 1.54) is 27.0 Å². The second kappa shape index (κ2) is 5.08. The molecule has 106 valence electrons. The molecule has 1 atom stereocenters. The lowest BCUT2D eigenvalue weighted by Gasteiger charge is -2.08. The first kappa shape index (κ1) is 13.2. The Morgan fingerprint density at radius 3 is 2.00 bits per heavy atom. The molecule has 0 radical (unpaired) electrons. The summed E-state index contributed by atoms with van der Waals surface area (Å²) in [5.41, 5.74) is 0. The highest BCUT2D eigenvalue weighted by Gasteiger charge is 2.07. The van der Waals surface area contributed by atoms with Gasteiger partial charge in [-0.2, -0.15) is 0 Å². The standard InChI is InChI=1S/C20H14OS/c1-2-22(21)20-9-5-8-16-12-17-10-14-6-3-4-7-15(14)11-18(17)13-19(16)20/h2-13H,1H2. The molecule has 0 fully saturated rings. The van der Waals surface area contributed by atoms with Gasteiger partial charge in [-0.3, -0.25) is 0 Å². The monoisotopic (exact) mass is 302 g/mol. The van der Waals surface area contributed by atoms with Gasteiger partial charge in [0.2, 0.25) is 0 Å². The molecule has 0 bridgehead atoms. The highest BCUT2D eigenvalue weighted by atomic mass is 32.2. The zero-order chi connectivity index (χ0) is 15.1. The Balaban J connectivity index is 2.12. The summed E-state index contributed by atoms with van der Waals surface area (Å²) in [7, 11) is -1.17. The summed E-state index contributed by atoms with van der Waals surface area (Å²) in [5, 5.41) is 8.45. The van der Waals surface area contributed by atoms with Crippen LogP contribution in [0.2, 0.25) is 0 Å². The summed E-state index contributed by atoms with van der Waals surface area (Å²) in [6.45, 7) is 3.65. The molecule has 4 aromatic carbocycles. The Bertz CT molecular complexity index is 1060. The molecule has 0 aliphatic heterocycles. The molecule has 0 aliphatic rings. The maximum absolute atomic E-state index is 12.2. The normalized spacial score (nSPS) is 12.7.